The first kappa shape index (κ1) is 8.35. The maximum absolute atomic E-state index is 11.3. The van der Waals surface area contributed by atoms with Gasteiger partial charge in [-0.2, -0.15) is 0 Å². The van der Waals surface area contributed by atoms with Crippen LogP contribution in [0.25, 0.3) is 0 Å². The lowest BCUT2D eigenvalue weighted by Gasteiger charge is -2.31. The van der Waals surface area contributed by atoms with Crippen LogP contribution in [0.2, 0.25) is 0 Å². The zero-order chi connectivity index (χ0) is 9.42. The van der Waals surface area contributed by atoms with Crippen LogP contribution in [0, 0.1) is 5.92 Å². The number of ether oxygens (including phenoxy) is 1. The Hall–Kier alpha value is -1.25. The summed E-state index contributed by atoms with van der Waals surface area (Å²) >= 11 is 0. The Morgan fingerprint density at radius 3 is 3.15 bits per heavy atom. The lowest BCUT2D eigenvalue weighted by Crippen LogP contribution is -2.36. The normalized spacial score (nSPS) is 27.4. The maximum Gasteiger partial charge on any atom is 0.264 e. The number of rotatable bonds is 0. The summed E-state index contributed by atoms with van der Waals surface area (Å²) in [5.41, 5.74) is 1.02. The molecule has 0 spiro atoms. The van der Waals surface area contributed by atoms with E-state index in [0.717, 1.165) is 17.9 Å². The molecule has 2 aliphatic rings. The van der Waals surface area contributed by atoms with Crippen LogP contribution in [0.3, 0.4) is 0 Å². The Labute approximate surface area is 77.7 Å². The maximum atomic E-state index is 11.3. The van der Waals surface area contributed by atoms with Crippen molar-refractivity contribution in [2.45, 2.75) is 13.3 Å². The molecule has 1 heterocycles. The summed E-state index contributed by atoms with van der Waals surface area (Å²) < 4.78 is 5.31. The van der Waals surface area contributed by atoms with Crippen molar-refractivity contribution in [3.8, 4) is 0 Å². The predicted octanol–water partition coefficient (Wildman–Crippen LogP) is 1.28. The molecule has 3 heteroatoms. The summed E-state index contributed by atoms with van der Waals surface area (Å²) in [4.78, 5) is 13.0. The van der Waals surface area contributed by atoms with Gasteiger partial charge in [0.05, 0.1) is 5.70 Å². The molecule has 1 amide bonds. The van der Waals surface area contributed by atoms with Gasteiger partial charge in [-0.3, -0.25) is 4.79 Å². The van der Waals surface area contributed by atoms with Crippen LogP contribution in [0.1, 0.15) is 13.3 Å². The molecular weight excluding hydrogens is 166 g/mol. The van der Waals surface area contributed by atoms with Crippen molar-refractivity contribution in [2.75, 3.05) is 13.7 Å². The first-order valence-electron chi connectivity index (χ1n) is 4.49. The number of hydrogen-bond acceptors (Lipinski definition) is 2. The number of carbonyl (C=O) groups is 1. The fourth-order valence-corrected chi connectivity index (χ4v) is 1.64. The Balaban J connectivity index is 2.32. The van der Waals surface area contributed by atoms with Gasteiger partial charge in [0.2, 0.25) is 0 Å². The van der Waals surface area contributed by atoms with Crippen molar-refractivity contribution in [3.05, 3.63) is 23.6 Å². The van der Waals surface area contributed by atoms with Gasteiger partial charge in [-0.05, 0) is 18.4 Å². The van der Waals surface area contributed by atoms with Gasteiger partial charge in [-0.25, -0.2) is 0 Å². The Morgan fingerprint density at radius 1 is 1.62 bits per heavy atom. The van der Waals surface area contributed by atoms with E-state index in [9.17, 15) is 4.79 Å². The zero-order valence-electron chi connectivity index (χ0n) is 7.91. The molecule has 70 valence electrons. The van der Waals surface area contributed by atoms with Gasteiger partial charge in [-0.15, -0.1) is 0 Å². The van der Waals surface area contributed by atoms with E-state index < -0.39 is 0 Å². The van der Waals surface area contributed by atoms with Crippen LogP contribution in [0.4, 0.5) is 0 Å². The van der Waals surface area contributed by atoms with E-state index in [2.05, 4.69) is 13.0 Å². The average Bonchev–Trinajstić information content (AvgIpc) is 2.12. The lowest BCUT2D eigenvalue weighted by atomic mass is 9.98. The standard InChI is InChI=1S/C10H13NO2/c1-7-3-4-9-8(5-7)11(2)10(12)6-13-9/h3-4,7H,5-6H2,1-2H3. The van der Waals surface area contributed by atoms with Crippen LogP contribution in [-0.2, 0) is 9.53 Å². The number of nitrogens with zero attached hydrogens (tertiary/aromatic N) is 1. The first-order valence-corrected chi connectivity index (χ1v) is 4.49. The van der Waals surface area contributed by atoms with Crippen LogP contribution in [0.15, 0.2) is 23.6 Å². The van der Waals surface area contributed by atoms with E-state index in [-0.39, 0.29) is 12.5 Å². The van der Waals surface area contributed by atoms with Gasteiger partial charge >= 0.3 is 0 Å². The van der Waals surface area contributed by atoms with E-state index in [1.54, 1.807) is 4.90 Å². The third-order valence-corrected chi connectivity index (χ3v) is 2.51. The van der Waals surface area contributed by atoms with Crippen LogP contribution in [-0.4, -0.2) is 24.5 Å². The van der Waals surface area contributed by atoms with Crippen molar-refractivity contribution < 1.29 is 9.53 Å². The quantitative estimate of drug-likeness (QED) is 0.560. The predicted molar refractivity (Wildman–Crippen MR) is 48.7 cm³/mol. The van der Waals surface area contributed by atoms with Crippen molar-refractivity contribution in [1.82, 2.24) is 4.90 Å². The second-order valence-corrected chi connectivity index (χ2v) is 3.59. The molecule has 1 aliphatic heterocycles. The van der Waals surface area contributed by atoms with E-state index in [4.69, 9.17) is 4.74 Å². The highest BCUT2D eigenvalue weighted by molar-refractivity contribution is 5.80. The van der Waals surface area contributed by atoms with Gasteiger partial charge in [0.15, 0.2) is 6.61 Å². The molecule has 0 saturated carbocycles. The monoisotopic (exact) mass is 179 g/mol. The number of amides is 1. The third-order valence-electron chi connectivity index (χ3n) is 2.51. The highest BCUT2D eigenvalue weighted by Gasteiger charge is 2.26. The largest absolute Gasteiger partial charge is 0.482 e. The second-order valence-electron chi connectivity index (χ2n) is 3.59. The minimum absolute atomic E-state index is 0.0428. The summed E-state index contributed by atoms with van der Waals surface area (Å²) in [5.74, 6) is 1.40. The molecule has 1 atom stereocenters. The Bertz CT molecular complexity index is 304. The van der Waals surface area contributed by atoms with Gasteiger partial charge in [0.1, 0.15) is 5.76 Å². The summed E-state index contributed by atoms with van der Waals surface area (Å²) in [7, 11) is 1.81. The van der Waals surface area contributed by atoms with Crippen LogP contribution in [0.5, 0.6) is 0 Å². The van der Waals surface area contributed by atoms with Crippen molar-refractivity contribution in [1.29, 1.82) is 0 Å². The lowest BCUT2D eigenvalue weighted by molar-refractivity contribution is -0.134. The van der Waals surface area contributed by atoms with Gasteiger partial charge in [-0.1, -0.05) is 13.0 Å². The molecule has 0 saturated heterocycles. The fraction of sp³-hybridized carbons (Fsp3) is 0.500. The van der Waals surface area contributed by atoms with Gasteiger partial charge in [0.25, 0.3) is 5.91 Å². The molecule has 0 fully saturated rings. The van der Waals surface area contributed by atoms with Crippen LogP contribution >= 0.6 is 0 Å². The molecule has 0 radical (unpaired) electrons. The number of likely N-dealkylation sites (N-methyl/N-ethyl adjacent to an activating group) is 1. The third kappa shape index (κ3) is 1.34. The first-order chi connectivity index (χ1) is 6.18. The molecule has 1 unspecified atom stereocenters. The number of carbonyl (C=O) groups excluding carboxylic acids is 1. The van der Waals surface area contributed by atoms with Crippen molar-refractivity contribution in [3.63, 3.8) is 0 Å². The second kappa shape index (κ2) is 2.91. The molecule has 1 aliphatic carbocycles. The summed E-state index contributed by atoms with van der Waals surface area (Å²) in [6, 6.07) is 0. The zero-order valence-corrected chi connectivity index (χ0v) is 7.91. The van der Waals surface area contributed by atoms with Crippen LogP contribution < -0.4 is 0 Å². The highest BCUT2D eigenvalue weighted by atomic mass is 16.5. The number of hydrogen-bond donors (Lipinski definition) is 0. The molecule has 0 aromatic carbocycles. The minimum atomic E-state index is 0.0428. The van der Waals surface area contributed by atoms with E-state index >= 15 is 0 Å². The van der Waals surface area contributed by atoms with E-state index in [1.165, 1.54) is 0 Å². The minimum Gasteiger partial charge on any atom is -0.482 e. The van der Waals surface area contributed by atoms with Gasteiger partial charge < -0.3 is 9.64 Å². The van der Waals surface area contributed by atoms with Crippen molar-refractivity contribution in [2.24, 2.45) is 5.92 Å². The molecule has 0 aromatic rings. The molecule has 2 rings (SSSR count). The summed E-state index contributed by atoms with van der Waals surface area (Å²) in [6.07, 6.45) is 4.98. The molecule has 0 bridgehead atoms. The SMILES string of the molecule is CC1C=CC2=C(C1)N(C)C(=O)CO2. The number of allylic oxidation sites excluding steroid dienone is 3. The Morgan fingerprint density at radius 2 is 2.38 bits per heavy atom. The van der Waals surface area contributed by atoms with Crippen molar-refractivity contribution >= 4 is 5.91 Å². The summed E-state index contributed by atoms with van der Waals surface area (Å²) in [6.45, 7) is 2.31. The van der Waals surface area contributed by atoms with E-state index in [1.807, 2.05) is 13.1 Å². The van der Waals surface area contributed by atoms with Gasteiger partial charge in [0, 0.05) is 7.05 Å². The molecular formula is C10H13NO2. The fourth-order valence-electron chi connectivity index (χ4n) is 1.64. The molecule has 13 heavy (non-hydrogen) atoms. The summed E-state index contributed by atoms with van der Waals surface area (Å²) in [5, 5.41) is 0. The topological polar surface area (TPSA) is 29.5 Å². The highest BCUT2D eigenvalue weighted by Crippen LogP contribution is 2.28. The Kier molecular flexibility index (Phi) is 1.87. The molecule has 0 aromatic heterocycles. The molecule has 0 N–H and O–H groups in total. The average molecular weight is 179 g/mol. The van der Waals surface area contributed by atoms with E-state index in [0.29, 0.717) is 5.92 Å². The molecule has 3 nitrogen and oxygen atoms in total. The smallest absolute Gasteiger partial charge is 0.264 e.